The summed E-state index contributed by atoms with van der Waals surface area (Å²) in [4.78, 5) is 3.22. The zero-order valence-corrected chi connectivity index (χ0v) is 12.6. The highest BCUT2D eigenvalue weighted by Crippen LogP contribution is 2.29. The summed E-state index contributed by atoms with van der Waals surface area (Å²) >= 11 is 11.6. The summed E-state index contributed by atoms with van der Waals surface area (Å²) in [6, 6.07) is 5.97. The van der Waals surface area contributed by atoms with Crippen molar-refractivity contribution in [1.82, 2.24) is 9.55 Å². The van der Waals surface area contributed by atoms with Crippen LogP contribution in [0.2, 0.25) is 5.02 Å². The van der Waals surface area contributed by atoms with Crippen molar-refractivity contribution in [2.75, 3.05) is 0 Å². The summed E-state index contributed by atoms with van der Waals surface area (Å²) in [5.41, 5.74) is 2.10. The number of aromatic nitrogens is 2. The summed E-state index contributed by atoms with van der Waals surface area (Å²) in [7, 11) is 0. The van der Waals surface area contributed by atoms with Gasteiger partial charge in [0.15, 0.2) is 4.77 Å². The number of nitrogens with zero attached hydrogens (tertiary/aromatic N) is 1. The van der Waals surface area contributed by atoms with Crippen molar-refractivity contribution < 1.29 is 0 Å². The molecule has 2 nitrogen and oxygen atoms in total. The lowest BCUT2D eigenvalue weighted by atomic mass is 10.0. The first kappa shape index (κ1) is 13.2. The van der Waals surface area contributed by atoms with Gasteiger partial charge in [0, 0.05) is 6.54 Å². The van der Waals surface area contributed by atoms with E-state index < -0.39 is 0 Å². The molecule has 1 heterocycles. The van der Waals surface area contributed by atoms with Crippen molar-refractivity contribution in [1.29, 1.82) is 0 Å². The first-order valence-corrected chi connectivity index (χ1v) is 7.91. The van der Waals surface area contributed by atoms with E-state index in [1.165, 1.54) is 38.5 Å². The van der Waals surface area contributed by atoms with Crippen LogP contribution in [-0.2, 0) is 6.54 Å². The SMILES string of the molecule is S=c1[nH]c2c(Cl)cccc2n1CCCC1CCCC1. The van der Waals surface area contributed by atoms with Crippen LogP contribution < -0.4 is 0 Å². The van der Waals surface area contributed by atoms with Gasteiger partial charge in [-0.25, -0.2) is 0 Å². The van der Waals surface area contributed by atoms with E-state index in [2.05, 4.69) is 15.6 Å². The Labute approximate surface area is 123 Å². The highest BCUT2D eigenvalue weighted by Gasteiger charge is 2.14. The molecule has 0 bridgehead atoms. The normalized spacial score (nSPS) is 16.5. The van der Waals surface area contributed by atoms with Gasteiger partial charge in [0.2, 0.25) is 0 Å². The molecule has 2 aromatic rings. The average molecular weight is 295 g/mol. The van der Waals surface area contributed by atoms with Gasteiger partial charge in [0.25, 0.3) is 0 Å². The molecule has 102 valence electrons. The molecular formula is C15H19ClN2S. The van der Waals surface area contributed by atoms with Crippen LogP contribution in [0.5, 0.6) is 0 Å². The first-order valence-electron chi connectivity index (χ1n) is 7.13. The molecule has 0 spiro atoms. The van der Waals surface area contributed by atoms with Crippen LogP contribution in [0.15, 0.2) is 18.2 Å². The van der Waals surface area contributed by atoms with Crippen molar-refractivity contribution in [2.45, 2.75) is 45.1 Å². The van der Waals surface area contributed by atoms with Crippen LogP contribution >= 0.6 is 23.8 Å². The number of aryl methyl sites for hydroxylation is 1. The van der Waals surface area contributed by atoms with Gasteiger partial charge in [0.05, 0.1) is 16.1 Å². The second kappa shape index (κ2) is 5.68. The topological polar surface area (TPSA) is 20.7 Å². The molecule has 1 aliphatic rings. The van der Waals surface area contributed by atoms with Crippen LogP contribution in [-0.4, -0.2) is 9.55 Å². The summed E-state index contributed by atoms with van der Waals surface area (Å²) < 4.78 is 2.97. The molecule has 1 N–H and O–H groups in total. The first-order chi connectivity index (χ1) is 9.25. The second-order valence-electron chi connectivity index (χ2n) is 5.51. The Hall–Kier alpha value is -0.800. The molecule has 1 aliphatic carbocycles. The summed E-state index contributed by atoms with van der Waals surface area (Å²) in [5.74, 6) is 0.947. The number of para-hydroxylation sites is 1. The summed E-state index contributed by atoms with van der Waals surface area (Å²) in [5, 5.41) is 0.748. The van der Waals surface area contributed by atoms with Crippen LogP contribution in [0.1, 0.15) is 38.5 Å². The van der Waals surface area contributed by atoms with Crippen molar-refractivity contribution >= 4 is 34.9 Å². The fourth-order valence-electron chi connectivity index (χ4n) is 3.20. The van der Waals surface area contributed by atoms with Crippen molar-refractivity contribution in [2.24, 2.45) is 5.92 Å². The van der Waals surface area contributed by atoms with E-state index in [0.717, 1.165) is 33.3 Å². The Morgan fingerprint density at radius 2 is 2.11 bits per heavy atom. The molecular weight excluding hydrogens is 276 g/mol. The van der Waals surface area contributed by atoms with Gasteiger partial charge >= 0.3 is 0 Å². The molecule has 0 amide bonds. The zero-order chi connectivity index (χ0) is 13.2. The second-order valence-corrected chi connectivity index (χ2v) is 6.30. The van der Waals surface area contributed by atoms with Crippen LogP contribution in [0, 0.1) is 10.7 Å². The lowest BCUT2D eigenvalue weighted by molar-refractivity contribution is 0.460. The maximum Gasteiger partial charge on any atom is 0.178 e. The number of rotatable bonds is 4. The predicted octanol–water partition coefficient (Wildman–Crippen LogP) is 5.32. The molecule has 1 saturated carbocycles. The van der Waals surface area contributed by atoms with Crippen molar-refractivity contribution in [3.63, 3.8) is 0 Å². The molecule has 0 unspecified atom stereocenters. The number of aromatic amines is 1. The molecule has 1 fully saturated rings. The van der Waals surface area contributed by atoms with Gasteiger partial charge in [-0.3, -0.25) is 0 Å². The monoisotopic (exact) mass is 294 g/mol. The summed E-state index contributed by atoms with van der Waals surface area (Å²) in [6.45, 7) is 0.996. The van der Waals surface area contributed by atoms with E-state index >= 15 is 0 Å². The lowest BCUT2D eigenvalue weighted by Crippen LogP contribution is -2.01. The van der Waals surface area contributed by atoms with Gasteiger partial charge in [-0.1, -0.05) is 43.4 Å². The largest absolute Gasteiger partial charge is 0.329 e. The molecule has 0 radical (unpaired) electrons. The van der Waals surface area contributed by atoms with Crippen LogP contribution in [0.4, 0.5) is 0 Å². The zero-order valence-electron chi connectivity index (χ0n) is 11.0. The molecule has 0 saturated heterocycles. The minimum Gasteiger partial charge on any atom is -0.329 e. The number of fused-ring (bicyclic) bond motifs is 1. The highest BCUT2D eigenvalue weighted by molar-refractivity contribution is 7.71. The number of imidazole rings is 1. The third-order valence-corrected chi connectivity index (χ3v) is 4.87. The van der Waals surface area contributed by atoms with E-state index in [-0.39, 0.29) is 0 Å². The molecule has 4 heteroatoms. The standard InChI is InChI=1S/C15H19ClN2S/c16-12-8-3-9-13-14(12)17-15(19)18(13)10-4-7-11-5-1-2-6-11/h3,8-9,11H,1-2,4-7,10H2,(H,17,19). The lowest BCUT2D eigenvalue weighted by Gasteiger charge is -2.09. The fraction of sp³-hybridized carbons (Fsp3) is 0.533. The smallest absolute Gasteiger partial charge is 0.178 e. The Balaban J connectivity index is 1.75. The van der Waals surface area contributed by atoms with Crippen molar-refractivity contribution in [3.8, 4) is 0 Å². The average Bonchev–Trinajstić information content (AvgIpc) is 3.00. The van der Waals surface area contributed by atoms with E-state index in [0.29, 0.717) is 0 Å². The fourth-order valence-corrected chi connectivity index (χ4v) is 3.71. The van der Waals surface area contributed by atoms with Gasteiger partial charge < -0.3 is 9.55 Å². The predicted molar refractivity (Wildman–Crippen MR) is 83.3 cm³/mol. The maximum absolute atomic E-state index is 6.19. The summed E-state index contributed by atoms with van der Waals surface area (Å²) in [6.07, 6.45) is 8.23. The highest BCUT2D eigenvalue weighted by atomic mass is 35.5. The third-order valence-electron chi connectivity index (χ3n) is 4.23. The van der Waals surface area contributed by atoms with Gasteiger partial charge in [-0.15, -0.1) is 0 Å². The van der Waals surface area contributed by atoms with E-state index in [9.17, 15) is 0 Å². The maximum atomic E-state index is 6.19. The number of benzene rings is 1. The van der Waals surface area contributed by atoms with Crippen molar-refractivity contribution in [3.05, 3.63) is 28.0 Å². The number of hydrogen-bond donors (Lipinski definition) is 1. The molecule has 3 rings (SSSR count). The third kappa shape index (κ3) is 2.72. The molecule has 1 aromatic carbocycles. The molecule has 19 heavy (non-hydrogen) atoms. The Kier molecular flexibility index (Phi) is 3.94. The number of halogens is 1. The van der Waals surface area contributed by atoms with Gasteiger partial charge in [-0.2, -0.15) is 0 Å². The number of nitrogens with one attached hydrogen (secondary N) is 1. The quantitative estimate of drug-likeness (QED) is 0.757. The minimum absolute atomic E-state index is 0.748. The van der Waals surface area contributed by atoms with Gasteiger partial charge in [0.1, 0.15) is 0 Å². The van der Waals surface area contributed by atoms with Crippen LogP contribution in [0.3, 0.4) is 0 Å². The molecule has 1 aromatic heterocycles. The number of hydrogen-bond acceptors (Lipinski definition) is 1. The van der Waals surface area contributed by atoms with E-state index in [4.69, 9.17) is 23.8 Å². The van der Waals surface area contributed by atoms with E-state index in [1.54, 1.807) is 0 Å². The molecule has 0 atom stereocenters. The Morgan fingerprint density at radius 3 is 2.89 bits per heavy atom. The van der Waals surface area contributed by atoms with E-state index in [1.807, 2.05) is 12.1 Å². The number of H-pyrrole nitrogens is 1. The van der Waals surface area contributed by atoms with Crippen LogP contribution in [0.25, 0.3) is 11.0 Å². The molecule has 0 aliphatic heterocycles. The Morgan fingerprint density at radius 1 is 1.32 bits per heavy atom. The van der Waals surface area contributed by atoms with Gasteiger partial charge in [-0.05, 0) is 43.1 Å². The minimum atomic E-state index is 0.748. The Bertz CT molecular complexity index is 623.